The number of nitrogens with zero attached hydrogens (tertiary/aromatic N) is 2. The van der Waals surface area contributed by atoms with Crippen LogP contribution in [0.3, 0.4) is 0 Å². The topological polar surface area (TPSA) is 90.3 Å². The molecule has 0 spiro atoms. The van der Waals surface area contributed by atoms with E-state index in [1.54, 1.807) is 22.8 Å². The molecule has 0 bridgehead atoms. The minimum absolute atomic E-state index is 0.0155. The lowest BCUT2D eigenvalue weighted by Gasteiger charge is -2.17. The number of hydrogen-bond donors (Lipinski definition) is 1. The van der Waals surface area contributed by atoms with Crippen molar-refractivity contribution in [3.05, 3.63) is 69.0 Å². The van der Waals surface area contributed by atoms with Crippen molar-refractivity contribution < 1.29 is 14.3 Å². The van der Waals surface area contributed by atoms with E-state index in [-0.39, 0.29) is 29.1 Å². The van der Waals surface area contributed by atoms with E-state index in [2.05, 4.69) is 5.32 Å². The molecule has 7 nitrogen and oxygen atoms in total. The summed E-state index contributed by atoms with van der Waals surface area (Å²) in [6.45, 7) is 7.56. The zero-order chi connectivity index (χ0) is 24.9. The molecule has 1 aromatic heterocycles. The first-order valence-electron chi connectivity index (χ1n) is 12.0. The number of ketones is 1. The first kappa shape index (κ1) is 25.1. The van der Waals surface area contributed by atoms with Crippen molar-refractivity contribution in [1.29, 1.82) is 0 Å². The maximum atomic E-state index is 13.5. The number of hydrogen-bond acceptors (Lipinski definition) is 6. The van der Waals surface area contributed by atoms with Crippen LogP contribution < -0.4 is 10.9 Å². The van der Waals surface area contributed by atoms with Gasteiger partial charge in [0, 0.05) is 24.3 Å². The summed E-state index contributed by atoms with van der Waals surface area (Å²) in [4.78, 5) is 43.6. The summed E-state index contributed by atoms with van der Waals surface area (Å²) in [7, 11) is 0. The van der Waals surface area contributed by atoms with Crippen molar-refractivity contribution in [3.8, 4) is 0 Å². The Morgan fingerprint density at radius 2 is 2.03 bits per heavy atom. The number of carbonyl (C=O) groups excluding carboxylic acids is 2. The van der Waals surface area contributed by atoms with Crippen molar-refractivity contribution in [2.75, 3.05) is 18.9 Å². The van der Waals surface area contributed by atoms with Gasteiger partial charge in [0.2, 0.25) is 0 Å². The second-order valence-corrected chi connectivity index (χ2v) is 9.91. The summed E-state index contributed by atoms with van der Waals surface area (Å²) in [6.07, 6.45) is 2.62. The van der Waals surface area contributed by atoms with Crippen LogP contribution >= 0.6 is 11.8 Å². The molecule has 1 N–H and O–H groups in total. The molecule has 0 radical (unpaired) electrons. The molecule has 1 saturated heterocycles. The number of ether oxygens (including phenoxy) is 1. The van der Waals surface area contributed by atoms with Gasteiger partial charge >= 0.3 is 0 Å². The number of rotatable bonds is 9. The van der Waals surface area contributed by atoms with Crippen LogP contribution in [0.2, 0.25) is 0 Å². The summed E-state index contributed by atoms with van der Waals surface area (Å²) in [5, 5.41) is 3.76. The zero-order valence-corrected chi connectivity index (χ0v) is 21.2. The van der Waals surface area contributed by atoms with Crippen molar-refractivity contribution in [2.45, 2.75) is 57.8 Å². The molecule has 1 fully saturated rings. The second-order valence-electron chi connectivity index (χ2n) is 8.96. The van der Waals surface area contributed by atoms with E-state index in [0.29, 0.717) is 46.9 Å². The maximum Gasteiger partial charge on any atom is 0.262 e. The van der Waals surface area contributed by atoms with E-state index in [1.165, 1.54) is 11.8 Å². The van der Waals surface area contributed by atoms with E-state index in [4.69, 9.17) is 9.72 Å². The van der Waals surface area contributed by atoms with Crippen LogP contribution in [0.1, 0.15) is 58.0 Å². The van der Waals surface area contributed by atoms with Crippen LogP contribution in [0.15, 0.2) is 46.3 Å². The third kappa shape index (κ3) is 5.82. The number of aromatic nitrogens is 2. The Kier molecular flexibility index (Phi) is 8.03. The maximum absolute atomic E-state index is 13.5. The smallest absolute Gasteiger partial charge is 0.262 e. The molecule has 4 rings (SSSR count). The molecule has 0 aliphatic carbocycles. The minimum atomic E-state index is -0.196. The molecular weight excluding hydrogens is 462 g/mol. The van der Waals surface area contributed by atoms with E-state index >= 15 is 0 Å². The Balaban J connectivity index is 1.67. The van der Waals surface area contributed by atoms with Crippen molar-refractivity contribution in [3.63, 3.8) is 0 Å². The van der Waals surface area contributed by atoms with Gasteiger partial charge in [-0.1, -0.05) is 42.4 Å². The average Bonchev–Trinajstić information content (AvgIpc) is 3.36. The van der Waals surface area contributed by atoms with Crippen LogP contribution in [0, 0.1) is 13.8 Å². The summed E-state index contributed by atoms with van der Waals surface area (Å²) in [6, 6.07) is 10.7. The summed E-state index contributed by atoms with van der Waals surface area (Å²) >= 11 is 1.25. The fourth-order valence-corrected chi connectivity index (χ4v) is 5.17. The Morgan fingerprint density at radius 1 is 1.20 bits per heavy atom. The van der Waals surface area contributed by atoms with E-state index in [0.717, 1.165) is 30.4 Å². The van der Waals surface area contributed by atoms with Crippen molar-refractivity contribution in [2.24, 2.45) is 0 Å². The molecule has 0 saturated carbocycles. The van der Waals surface area contributed by atoms with E-state index in [9.17, 15) is 14.4 Å². The van der Waals surface area contributed by atoms with Gasteiger partial charge in [-0.25, -0.2) is 4.98 Å². The molecule has 1 aliphatic heterocycles. The van der Waals surface area contributed by atoms with E-state index < -0.39 is 0 Å². The highest BCUT2D eigenvalue weighted by atomic mass is 32.2. The van der Waals surface area contributed by atoms with E-state index in [1.807, 2.05) is 39.0 Å². The predicted molar refractivity (Wildman–Crippen MR) is 139 cm³/mol. The van der Waals surface area contributed by atoms with Gasteiger partial charge < -0.3 is 10.1 Å². The van der Waals surface area contributed by atoms with Crippen LogP contribution in [0.5, 0.6) is 0 Å². The lowest BCUT2D eigenvalue weighted by molar-refractivity contribution is 0.0937. The number of fused-ring (bicyclic) bond motifs is 1. The lowest BCUT2D eigenvalue weighted by Crippen LogP contribution is -2.29. The van der Waals surface area contributed by atoms with Crippen LogP contribution in [-0.4, -0.2) is 46.2 Å². The Labute approximate surface area is 209 Å². The quantitative estimate of drug-likeness (QED) is 0.271. The average molecular weight is 494 g/mol. The SMILES string of the molecule is CCCNC(=O)c1ccc2c(=O)n(C[C@@H]3CCCO3)c(SCC(=O)c3ccc(C)cc3C)nc2c1. The van der Waals surface area contributed by atoms with Gasteiger partial charge in [-0.05, 0) is 56.9 Å². The summed E-state index contributed by atoms with van der Waals surface area (Å²) in [5.41, 5.74) is 3.43. The molecular formula is C27H31N3O4S. The van der Waals surface area contributed by atoms with Gasteiger partial charge in [0.05, 0.1) is 29.3 Å². The fraction of sp³-hybridized carbons (Fsp3) is 0.407. The lowest BCUT2D eigenvalue weighted by atomic mass is 10.0. The van der Waals surface area contributed by atoms with Gasteiger partial charge in [-0.2, -0.15) is 0 Å². The Bertz CT molecular complexity index is 1310. The second kappa shape index (κ2) is 11.2. The monoisotopic (exact) mass is 493 g/mol. The number of aryl methyl sites for hydroxylation is 2. The van der Waals surface area contributed by atoms with Gasteiger partial charge in [0.25, 0.3) is 11.5 Å². The number of nitrogens with one attached hydrogen (secondary N) is 1. The minimum Gasteiger partial charge on any atom is -0.376 e. The number of amides is 1. The van der Waals surface area contributed by atoms with Crippen molar-refractivity contribution >= 4 is 34.4 Å². The summed E-state index contributed by atoms with van der Waals surface area (Å²) < 4.78 is 7.39. The highest BCUT2D eigenvalue weighted by Crippen LogP contribution is 2.23. The highest BCUT2D eigenvalue weighted by Gasteiger charge is 2.22. The third-order valence-corrected chi connectivity index (χ3v) is 7.12. The summed E-state index contributed by atoms with van der Waals surface area (Å²) in [5.74, 6) is -0.0548. The third-order valence-electron chi connectivity index (χ3n) is 6.14. The number of Topliss-reactive ketones (excluding diaryl/α,β-unsaturated/α-hetero) is 1. The number of benzene rings is 2. The van der Waals surface area contributed by atoms with Crippen LogP contribution in [0.4, 0.5) is 0 Å². The molecule has 2 heterocycles. The van der Waals surface area contributed by atoms with Gasteiger partial charge in [-0.15, -0.1) is 0 Å². The fourth-order valence-electron chi connectivity index (χ4n) is 4.28. The van der Waals surface area contributed by atoms with Crippen molar-refractivity contribution in [1.82, 2.24) is 14.9 Å². The van der Waals surface area contributed by atoms with Gasteiger partial charge in [-0.3, -0.25) is 19.0 Å². The molecule has 1 atom stereocenters. The highest BCUT2D eigenvalue weighted by molar-refractivity contribution is 7.99. The predicted octanol–water partition coefficient (Wildman–Crippen LogP) is 4.31. The Hall–Kier alpha value is -2.97. The zero-order valence-electron chi connectivity index (χ0n) is 20.4. The molecule has 35 heavy (non-hydrogen) atoms. The molecule has 2 aromatic carbocycles. The molecule has 1 aliphatic rings. The normalized spacial score (nSPS) is 15.5. The molecule has 3 aromatic rings. The Morgan fingerprint density at radius 3 is 2.74 bits per heavy atom. The standard InChI is InChI=1S/C27H31N3O4S/c1-4-11-28-25(32)19-8-10-22-23(14-19)29-27(30(26(22)33)15-20-6-5-12-34-20)35-16-24(31)21-9-7-17(2)13-18(21)3/h7-10,13-14,20H,4-6,11-12,15-16H2,1-3H3,(H,28,32)/t20-/m0/s1. The first-order chi connectivity index (χ1) is 16.9. The molecule has 1 amide bonds. The first-order valence-corrected chi connectivity index (χ1v) is 13.0. The van der Waals surface area contributed by atoms with Gasteiger partial charge in [0.1, 0.15) is 0 Å². The largest absolute Gasteiger partial charge is 0.376 e. The van der Waals surface area contributed by atoms with Gasteiger partial charge in [0.15, 0.2) is 10.9 Å². The van der Waals surface area contributed by atoms with Crippen LogP contribution in [-0.2, 0) is 11.3 Å². The molecule has 8 heteroatoms. The molecule has 184 valence electrons. The molecule has 0 unspecified atom stereocenters. The number of carbonyl (C=O) groups is 2. The number of thioether (sulfide) groups is 1. The van der Waals surface area contributed by atoms with Crippen LogP contribution in [0.25, 0.3) is 10.9 Å².